The van der Waals surface area contributed by atoms with Crippen molar-refractivity contribution in [1.82, 2.24) is 5.32 Å². The lowest BCUT2D eigenvalue weighted by Gasteiger charge is -1.94. The highest BCUT2D eigenvalue weighted by Gasteiger charge is 2.18. The molecule has 0 aromatic heterocycles. The fourth-order valence-electron chi connectivity index (χ4n) is 1.81. The molecule has 2 aromatic rings. The molecule has 3 rings (SSSR count). The first kappa shape index (κ1) is 14.7. The fraction of sp³-hybridized carbons (Fsp3) is 0. The molecular formula is C15H12ClN3O2. The second kappa shape index (κ2) is 6.19. The third-order valence-electron chi connectivity index (χ3n) is 2.82. The number of fused-ring (bicyclic) bond motifs is 1. The third-order valence-corrected chi connectivity index (χ3v) is 3.15. The first-order valence-corrected chi connectivity index (χ1v) is 6.40. The summed E-state index contributed by atoms with van der Waals surface area (Å²) in [5.41, 5.74) is 1.78. The first-order chi connectivity index (χ1) is 10.0. The van der Waals surface area contributed by atoms with E-state index in [0.29, 0.717) is 11.7 Å². The van der Waals surface area contributed by atoms with Crippen LogP contribution in [0.2, 0.25) is 5.02 Å². The van der Waals surface area contributed by atoms with Crippen LogP contribution >= 0.6 is 11.6 Å². The zero-order chi connectivity index (χ0) is 15.4. The number of halogens is 1. The largest absolute Gasteiger partial charge is 0.478 e. The minimum Gasteiger partial charge on any atom is -0.478 e. The van der Waals surface area contributed by atoms with E-state index in [1.54, 1.807) is 18.2 Å². The molecule has 0 atom stereocenters. The van der Waals surface area contributed by atoms with Gasteiger partial charge in [0, 0.05) is 11.1 Å². The Bertz CT molecular complexity index is 695. The topological polar surface area (TPSA) is 97.0 Å². The van der Waals surface area contributed by atoms with Crippen molar-refractivity contribution in [2.24, 2.45) is 0 Å². The summed E-state index contributed by atoms with van der Waals surface area (Å²) in [5, 5.41) is 26.2. The Balaban J connectivity index is 0.000000155. The molecule has 0 spiro atoms. The summed E-state index contributed by atoms with van der Waals surface area (Å²) in [5.74, 6) is -0.346. The Kier molecular flexibility index (Phi) is 4.35. The number of aromatic carboxylic acids is 1. The highest BCUT2D eigenvalue weighted by molar-refractivity contribution is 6.33. The van der Waals surface area contributed by atoms with Crippen molar-refractivity contribution in [3.8, 4) is 0 Å². The van der Waals surface area contributed by atoms with E-state index in [1.807, 2.05) is 24.3 Å². The van der Waals surface area contributed by atoms with Gasteiger partial charge in [-0.05, 0) is 12.1 Å². The van der Waals surface area contributed by atoms with Crippen LogP contribution in [0.5, 0.6) is 0 Å². The Morgan fingerprint density at radius 1 is 0.952 bits per heavy atom. The Labute approximate surface area is 126 Å². The molecule has 106 valence electrons. The van der Waals surface area contributed by atoms with E-state index in [-0.39, 0.29) is 10.6 Å². The molecule has 0 aliphatic carbocycles. The van der Waals surface area contributed by atoms with Crippen LogP contribution < -0.4 is 5.32 Å². The van der Waals surface area contributed by atoms with Crippen molar-refractivity contribution < 1.29 is 9.90 Å². The molecule has 1 heterocycles. The van der Waals surface area contributed by atoms with Gasteiger partial charge in [0.05, 0.1) is 10.6 Å². The Hall–Kier alpha value is -2.66. The lowest BCUT2D eigenvalue weighted by atomic mass is 10.1. The molecule has 0 amide bonds. The molecule has 21 heavy (non-hydrogen) atoms. The Morgan fingerprint density at radius 3 is 1.86 bits per heavy atom. The van der Waals surface area contributed by atoms with E-state index in [9.17, 15) is 4.79 Å². The van der Waals surface area contributed by atoms with Gasteiger partial charge in [-0.2, -0.15) is 0 Å². The van der Waals surface area contributed by atoms with Gasteiger partial charge in [-0.15, -0.1) is 0 Å². The molecule has 4 N–H and O–H groups in total. The van der Waals surface area contributed by atoms with E-state index < -0.39 is 5.97 Å². The highest BCUT2D eigenvalue weighted by atomic mass is 35.5. The van der Waals surface area contributed by atoms with Gasteiger partial charge in [-0.1, -0.05) is 48.0 Å². The van der Waals surface area contributed by atoms with E-state index in [2.05, 4.69) is 5.32 Å². The van der Waals surface area contributed by atoms with Crippen LogP contribution in [0.15, 0.2) is 48.5 Å². The molecule has 0 fully saturated rings. The smallest absolute Gasteiger partial charge is 0.337 e. The number of carboxylic acid groups (broad SMARTS) is 1. The zero-order valence-corrected chi connectivity index (χ0v) is 11.6. The van der Waals surface area contributed by atoms with Crippen LogP contribution in [-0.2, 0) is 0 Å². The molecule has 0 radical (unpaired) electrons. The van der Waals surface area contributed by atoms with Gasteiger partial charge in [-0.3, -0.25) is 10.8 Å². The summed E-state index contributed by atoms with van der Waals surface area (Å²) >= 11 is 5.54. The lowest BCUT2D eigenvalue weighted by molar-refractivity contribution is 0.0697. The van der Waals surface area contributed by atoms with Crippen molar-refractivity contribution in [1.29, 1.82) is 10.8 Å². The zero-order valence-electron chi connectivity index (χ0n) is 10.9. The minimum atomic E-state index is -0.995. The maximum absolute atomic E-state index is 10.3. The summed E-state index contributed by atoms with van der Waals surface area (Å²) in [6.07, 6.45) is 0. The molecule has 2 aromatic carbocycles. The SMILES string of the molecule is N=C1NC(=N)c2ccccc21.O=C(O)c1ccccc1Cl. The summed E-state index contributed by atoms with van der Waals surface area (Å²) in [7, 11) is 0. The number of carbonyl (C=O) groups is 1. The summed E-state index contributed by atoms with van der Waals surface area (Å²) < 4.78 is 0. The quantitative estimate of drug-likeness (QED) is 0.652. The van der Waals surface area contributed by atoms with Crippen LogP contribution in [0.3, 0.4) is 0 Å². The molecule has 0 saturated heterocycles. The van der Waals surface area contributed by atoms with Gasteiger partial charge in [0.25, 0.3) is 0 Å². The predicted octanol–water partition coefficient (Wildman–Crippen LogP) is 2.98. The van der Waals surface area contributed by atoms with Crippen molar-refractivity contribution >= 4 is 29.2 Å². The van der Waals surface area contributed by atoms with E-state index in [0.717, 1.165) is 11.1 Å². The number of carboxylic acids is 1. The standard InChI is InChI=1S/C8H7N3.C7H5ClO2/c9-7-5-3-1-2-4-6(5)8(10)11-7;8-6-4-2-1-3-5(6)7(9)10/h1-4H,(H3,9,10,11);1-4H,(H,9,10). The molecule has 0 bridgehead atoms. The number of rotatable bonds is 1. The van der Waals surface area contributed by atoms with Crippen LogP contribution in [-0.4, -0.2) is 22.7 Å². The highest BCUT2D eigenvalue weighted by Crippen LogP contribution is 2.14. The second-order valence-electron chi connectivity index (χ2n) is 4.21. The van der Waals surface area contributed by atoms with Crippen molar-refractivity contribution in [2.45, 2.75) is 0 Å². The van der Waals surface area contributed by atoms with Gasteiger partial charge in [0.15, 0.2) is 0 Å². The molecule has 0 unspecified atom stereocenters. The number of nitrogens with one attached hydrogen (secondary N) is 3. The monoisotopic (exact) mass is 301 g/mol. The third kappa shape index (κ3) is 3.27. The maximum atomic E-state index is 10.3. The Morgan fingerprint density at radius 2 is 1.43 bits per heavy atom. The van der Waals surface area contributed by atoms with E-state index in [1.165, 1.54) is 6.07 Å². The van der Waals surface area contributed by atoms with Gasteiger partial charge in [-0.25, -0.2) is 4.79 Å². The van der Waals surface area contributed by atoms with Gasteiger partial charge in [0.1, 0.15) is 11.7 Å². The molecule has 1 aliphatic rings. The lowest BCUT2D eigenvalue weighted by Crippen LogP contribution is -2.19. The number of amidine groups is 2. The summed E-state index contributed by atoms with van der Waals surface area (Å²) in [6, 6.07) is 13.7. The van der Waals surface area contributed by atoms with Crippen LogP contribution in [0, 0.1) is 10.8 Å². The van der Waals surface area contributed by atoms with Crippen LogP contribution in [0.25, 0.3) is 0 Å². The molecule has 5 nitrogen and oxygen atoms in total. The molecule has 0 saturated carbocycles. The average molecular weight is 302 g/mol. The molecule has 6 heteroatoms. The average Bonchev–Trinajstić information content (AvgIpc) is 2.76. The number of hydrogen-bond acceptors (Lipinski definition) is 3. The predicted molar refractivity (Wildman–Crippen MR) is 81.6 cm³/mol. The van der Waals surface area contributed by atoms with Gasteiger partial charge >= 0.3 is 5.97 Å². The van der Waals surface area contributed by atoms with Gasteiger partial charge < -0.3 is 10.4 Å². The molecule has 1 aliphatic heterocycles. The van der Waals surface area contributed by atoms with Crippen molar-refractivity contribution in [3.05, 3.63) is 70.2 Å². The minimum absolute atomic E-state index is 0.143. The fourth-order valence-corrected chi connectivity index (χ4v) is 2.03. The van der Waals surface area contributed by atoms with Crippen molar-refractivity contribution in [2.75, 3.05) is 0 Å². The van der Waals surface area contributed by atoms with E-state index >= 15 is 0 Å². The van der Waals surface area contributed by atoms with Crippen LogP contribution in [0.4, 0.5) is 0 Å². The maximum Gasteiger partial charge on any atom is 0.337 e. The first-order valence-electron chi connectivity index (χ1n) is 6.02. The van der Waals surface area contributed by atoms with Gasteiger partial charge in [0.2, 0.25) is 0 Å². The van der Waals surface area contributed by atoms with Crippen LogP contribution in [0.1, 0.15) is 21.5 Å². The molecular weight excluding hydrogens is 290 g/mol. The van der Waals surface area contributed by atoms with E-state index in [4.69, 9.17) is 27.5 Å². The summed E-state index contributed by atoms with van der Waals surface area (Å²) in [6.45, 7) is 0. The number of benzene rings is 2. The summed E-state index contributed by atoms with van der Waals surface area (Å²) in [4.78, 5) is 10.3. The normalized spacial score (nSPS) is 12.0. The second-order valence-corrected chi connectivity index (χ2v) is 4.61. The van der Waals surface area contributed by atoms with Crippen molar-refractivity contribution in [3.63, 3.8) is 0 Å². The number of hydrogen-bond donors (Lipinski definition) is 4.